The molecule has 0 spiro atoms. The van der Waals surface area contributed by atoms with Crippen molar-refractivity contribution in [1.29, 1.82) is 0 Å². The summed E-state index contributed by atoms with van der Waals surface area (Å²) in [6.07, 6.45) is 6.56. The average Bonchev–Trinajstić information content (AvgIpc) is 2.82. The number of anilines is 1. The second-order valence-corrected chi connectivity index (χ2v) is 6.18. The molecule has 18 heavy (non-hydrogen) atoms. The molecule has 1 aromatic heterocycles. The summed E-state index contributed by atoms with van der Waals surface area (Å²) in [4.78, 5) is 10.8. The Morgan fingerprint density at radius 3 is 3.11 bits per heavy atom. The van der Waals surface area contributed by atoms with Gasteiger partial charge in [-0.05, 0) is 48.2 Å². The third-order valence-corrected chi connectivity index (χ3v) is 5.17. The third kappa shape index (κ3) is 2.49. The summed E-state index contributed by atoms with van der Waals surface area (Å²) >= 11 is 9.41. The standard InChI is InChI=1S/C12H16BrClN4/c13-10-11(14)15-7-16-12(10)17-8-3-5-18-4-1-2-9(18)6-8/h7-9H,1-6H2,(H,15,16,17). The number of fused-ring (bicyclic) bond motifs is 1. The van der Waals surface area contributed by atoms with Gasteiger partial charge in [0.25, 0.3) is 0 Å². The van der Waals surface area contributed by atoms with Gasteiger partial charge in [-0.15, -0.1) is 0 Å². The number of hydrogen-bond acceptors (Lipinski definition) is 4. The Hall–Kier alpha value is -0.390. The molecule has 1 N–H and O–H groups in total. The van der Waals surface area contributed by atoms with E-state index in [0.717, 1.165) is 16.3 Å². The highest BCUT2D eigenvalue weighted by molar-refractivity contribution is 9.10. The molecule has 3 rings (SSSR count). The molecule has 3 heterocycles. The van der Waals surface area contributed by atoms with E-state index >= 15 is 0 Å². The first-order valence-corrected chi connectivity index (χ1v) is 7.57. The molecule has 0 aromatic carbocycles. The molecule has 2 fully saturated rings. The molecule has 2 aliphatic rings. The van der Waals surface area contributed by atoms with Crippen molar-refractivity contribution in [2.75, 3.05) is 18.4 Å². The molecule has 0 radical (unpaired) electrons. The highest BCUT2D eigenvalue weighted by Crippen LogP contribution is 2.31. The van der Waals surface area contributed by atoms with Crippen LogP contribution in [0.2, 0.25) is 5.15 Å². The van der Waals surface area contributed by atoms with Crippen molar-refractivity contribution in [3.8, 4) is 0 Å². The number of hydrogen-bond donors (Lipinski definition) is 1. The van der Waals surface area contributed by atoms with E-state index in [0.29, 0.717) is 11.2 Å². The van der Waals surface area contributed by atoms with Crippen LogP contribution < -0.4 is 5.32 Å². The molecule has 98 valence electrons. The topological polar surface area (TPSA) is 41.1 Å². The van der Waals surface area contributed by atoms with Crippen molar-refractivity contribution in [3.05, 3.63) is 16.0 Å². The van der Waals surface area contributed by atoms with Gasteiger partial charge in [0.05, 0.1) is 4.47 Å². The van der Waals surface area contributed by atoms with E-state index in [9.17, 15) is 0 Å². The predicted molar refractivity (Wildman–Crippen MR) is 76.0 cm³/mol. The molecule has 2 saturated heterocycles. The van der Waals surface area contributed by atoms with E-state index in [1.54, 1.807) is 0 Å². The van der Waals surface area contributed by atoms with Crippen LogP contribution in [0.15, 0.2) is 10.8 Å². The van der Waals surface area contributed by atoms with Crippen LogP contribution in [0.1, 0.15) is 25.7 Å². The third-order valence-electron chi connectivity index (χ3n) is 3.91. The summed E-state index contributed by atoms with van der Waals surface area (Å²) in [5.41, 5.74) is 0. The normalized spacial score (nSPS) is 28.1. The first-order valence-electron chi connectivity index (χ1n) is 6.40. The summed E-state index contributed by atoms with van der Waals surface area (Å²) in [6.45, 7) is 2.47. The van der Waals surface area contributed by atoms with E-state index in [2.05, 4.69) is 36.1 Å². The summed E-state index contributed by atoms with van der Waals surface area (Å²) in [6, 6.07) is 1.25. The summed E-state index contributed by atoms with van der Waals surface area (Å²) < 4.78 is 0.764. The summed E-state index contributed by atoms with van der Waals surface area (Å²) in [5.74, 6) is 0.812. The van der Waals surface area contributed by atoms with E-state index in [-0.39, 0.29) is 0 Å². The van der Waals surface area contributed by atoms with Gasteiger partial charge in [0.2, 0.25) is 0 Å². The monoisotopic (exact) mass is 330 g/mol. The van der Waals surface area contributed by atoms with Crippen LogP contribution in [0.25, 0.3) is 0 Å². The lowest BCUT2D eigenvalue weighted by Gasteiger charge is -2.35. The largest absolute Gasteiger partial charge is 0.366 e. The zero-order chi connectivity index (χ0) is 12.5. The maximum Gasteiger partial charge on any atom is 0.148 e. The fourth-order valence-electron chi connectivity index (χ4n) is 3.00. The zero-order valence-electron chi connectivity index (χ0n) is 10.1. The SMILES string of the molecule is Clc1ncnc(NC2CCN3CCCC3C2)c1Br. The fourth-order valence-corrected chi connectivity index (χ4v) is 3.45. The minimum Gasteiger partial charge on any atom is -0.366 e. The van der Waals surface area contributed by atoms with E-state index < -0.39 is 0 Å². The minimum absolute atomic E-state index is 0.464. The number of piperidine rings is 1. The molecule has 2 unspecified atom stereocenters. The van der Waals surface area contributed by atoms with Crippen molar-refractivity contribution in [1.82, 2.24) is 14.9 Å². The van der Waals surface area contributed by atoms with Crippen molar-refractivity contribution in [2.24, 2.45) is 0 Å². The Morgan fingerprint density at radius 2 is 2.22 bits per heavy atom. The molecule has 2 atom stereocenters. The first kappa shape index (κ1) is 12.6. The molecular weight excluding hydrogens is 316 g/mol. The zero-order valence-corrected chi connectivity index (χ0v) is 12.4. The first-order chi connectivity index (χ1) is 8.74. The molecule has 0 bridgehead atoms. The van der Waals surface area contributed by atoms with Gasteiger partial charge >= 0.3 is 0 Å². The summed E-state index contributed by atoms with van der Waals surface area (Å²) in [7, 11) is 0. The molecule has 1 aromatic rings. The highest BCUT2D eigenvalue weighted by atomic mass is 79.9. The second kappa shape index (κ2) is 5.31. The van der Waals surface area contributed by atoms with Crippen LogP contribution >= 0.6 is 27.5 Å². The fraction of sp³-hybridized carbons (Fsp3) is 0.667. The Kier molecular flexibility index (Phi) is 3.73. The Balaban J connectivity index is 1.68. The van der Waals surface area contributed by atoms with Gasteiger partial charge in [-0.1, -0.05) is 11.6 Å². The number of halogens is 2. The van der Waals surface area contributed by atoms with Gasteiger partial charge in [0.15, 0.2) is 0 Å². The number of nitrogens with one attached hydrogen (secondary N) is 1. The highest BCUT2D eigenvalue weighted by Gasteiger charge is 2.31. The quantitative estimate of drug-likeness (QED) is 0.846. The number of nitrogens with zero attached hydrogens (tertiary/aromatic N) is 3. The lowest BCUT2D eigenvalue weighted by molar-refractivity contribution is 0.188. The second-order valence-electron chi connectivity index (χ2n) is 5.02. The maximum absolute atomic E-state index is 5.97. The van der Waals surface area contributed by atoms with Crippen LogP contribution in [-0.4, -0.2) is 40.0 Å². The van der Waals surface area contributed by atoms with Gasteiger partial charge in [0, 0.05) is 18.6 Å². The van der Waals surface area contributed by atoms with Crippen LogP contribution in [-0.2, 0) is 0 Å². The lowest BCUT2D eigenvalue weighted by atomic mass is 9.98. The van der Waals surface area contributed by atoms with Crippen molar-refractivity contribution >= 4 is 33.3 Å². The molecule has 6 heteroatoms. The molecule has 0 aliphatic carbocycles. The van der Waals surface area contributed by atoms with Crippen LogP contribution in [0, 0.1) is 0 Å². The predicted octanol–water partition coefficient (Wildman–Crippen LogP) is 2.93. The van der Waals surface area contributed by atoms with Crippen LogP contribution in [0.5, 0.6) is 0 Å². The molecule has 0 saturated carbocycles. The van der Waals surface area contributed by atoms with Crippen LogP contribution in [0.4, 0.5) is 5.82 Å². The number of rotatable bonds is 2. The maximum atomic E-state index is 5.97. The minimum atomic E-state index is 0.464. The molecule has 2 aliphatic heterocycles. The van der Waals surface area contributed by atoms with E-state index in [1.165, 1.54) is 45.1 Å². The summed E-state index contributed by atoms with van der Waals surface area (Å²) in [5, 5.41) is 3.96. The van der Waals surface area contributed by atoms with E-state index in [4.69, 9.17) is 11.6 Å². The van der Waals surface area contributed by atoms with Gasteiger partial charge < -0.3 is 10.2 Å². The van der Waals surface area contributed by atoms with Crippen molar-refractivity contribution in [2.45, 2.75) is 37.8 Å². The van der Waals surface area contributed by atoms with Gasteiger partial charge in [-0.25, -0.2) is 9.97 Å². The molecule has 4 nitrogen and oxygen atoms in total. The molecular formula is C12H16BrClN4. The smallest absolute Gasteiger partial charge is 0.148 e. The Morgan fingerprint density at radius 1 is 1.33 bits per heavy atom. The van der Waals surface area contributed by atoms with Gasteiger partial charge in [-0.2, -0.15) is 0 Å². The van der Waals surface area contributed by atoms with Crippen LogP contribution in [0.3, 0.4) is 0 Å². The van der Waals surface area contributed by atoms with Crippen molar-refractivity contribution in [3.63, 3.8) is 0 Å². The number of aromatic nitrogens is 2. The lowest BCUT2D eigenvalue weighted by Crippen LogP contribution is -2.42. The Bertz CT molecular complexity index is 442. The van der Waals surface area contributed by atoms with Crippen molar-refractivity contribution < 1.29 is 0 Å². The Labute approximate surface area is 120 Å². The van der Waals surface area contributed by atoms with Gasteiger partial charge in [0.1, 0.15) is 17.3 Å². The average molecular weight is 332 g/mol. The molecule has 0 amide bonds. The van der Waals surface area contributed by atoms with E-state index in [1.807, 2.05) is 0 Å². The van der Waals surface area contributed by atoms with Gasteiger partial charge in [-0.3, -0.25) is 0 Å².